The monoisotopic (exact) mass is 386 g/mol. The maximum atomic E-state index is 12.6. The molecule has 1 saturated carbocycles. The number of hydrogen-bond donors (Lipinski definition) is 0. The first-order valence-corrected chi connectivity index (χ1v) is 8.71. The number of anilines is 1. The molecule has 0 spiro atoms. The molecule has 0 aliphatic heterocycles. The van der Waals surface area contributed by atoms with Crippen LogP contribution in [0.3, 0.4) is 0 Å². The van der Waals surface area contributed by atoms with Crippen LogP contribution < -0.4 is 10.5 Å². The van der Waals surface area contributed by atoms with Gasteiger partial charge in [-0.25, -0.2) is 4.98 Å². The average molecular weight is 387 g/mol. The van der Waals surface area contributed by atoms with E-state index in [1.807, 2.05) is 11.9 Å². The second kappa shape index (κ2) is 7.26. The largest absolute Gasteiger partial charge is 0.417 e. The number of pyridine rings is 1. The van der Waals surface area contributed by atoms with Crippen LogP contribution in [0.15, 0.2) is 29.3 Å². The van der Waals surface area contributed by atoms with E-state index < -0.39 is 17.3 Å². The molecular weight excluding hydrogens is 369 g/mol. The van der Waals surface area contributed by atoms with E-state index in [0.29, 0.717) is 17.9 Å². The smallest absolute Gasteiger partial charge is 0.369 e. The summed E-state index contributed by atoms with van der Waals surface area (Å²) in [5.41, 5.74) is -0.986. The minimum atomic E-state index is -4.49. The van der Waals surface area contributed by atoms with Crippen LogP contribution in [0, 0.1) is 0 Å². The van der Waals surface area contributed by atoms with Gasteiger partial charge in [0.15, 0.2) is 5.82 Å². The molecule has 0 radical (unpaired) electrons. The van der Waals surface area contributed by atoms with Crippen LogP contribution in [0.5, 0.6) is 0 Å². The highest BCUT2D eigenvalue weighted by molar-refractivity contribution is 6.33. The highest BCUT2D eigenvalue weighted by Crippen LogP contribution is 2.30. The SMILES string of the molecule is CN(c1cnn(-c2ccc(C(F)(F)F)cn2)c(=O)c1Cl)C1CCCCC1. The lowest BCUT2D eigenvalue weighted by Crippen LogP contribution is -2.35. The molecule has 1 fully saturated rings. The van der Waals surface area contributed by atoms with Crippen LogP contribution in [0.25, 0.3) is 5.82 Å². The third-order valence-corrected chi connectivity index (χ3v) is 5.05. The van der Waals surface area contributed by atoms with Crippen molar-refractivity contribution in [2.45, 2.75) is 44.3 Å². The fourth-order valence-electron chi connectivity index (χ4n) is 3.18. The lowest BCUT2D eigenvalue weighted by molar-refractivity contribution is -0.137. The number of rotatable bonds is 3. The normalized spacial score (nSPS) is 15.9. The van der Waals surface area contributed by atoms with Crippen LogP contribution in [-0.2, 0) is 6.18 Å². The molecule has 0 atom stereocenters. The van der Waals surface area contributed by atoms with Gasteiger partial charge in [0, 0.05) is 19.3 Å². The minimum Gasteiger partial charge on any atom is -0.369 e. The molecule has 0 N–H and O–H groups in total. The number of alkyl halides is 3. The van der Waals surface area contributed by atoms with Crippen LogP contribution >= 0.6 is 11.6 Å². The Kier molecular flexibility index (Phi) is 5.22. The highest BCUT2D eigenvalue weighted by atomic mass is 35.5. The summed E-state index contributed by atoms with van der Waals surface area (Å²) in [4.78, 5) is 18.2. The van der Waals surface area contributed by atoms with E-state index in [1.165, 1.54) is 12.6 Å². The van der Waals surface area contributed by atoms with Crippen LogP contribution in [-0.4, -0.2) is 27.9 Å². The van der Waals surface area contributed by atoms with Gasteiger partial charge in [-0.15, -0.1) is 0 Å². The minimum absolute atomic E-state index is 0.0169. The molecule has 2 aromatic heterocycles. The van der Waals surface area contributed by atoms with Gasteiger partial charge in [0.1, 0.15) is 5.02 Å². The molecule has 5 nitrogen and oxygen atoms in total. The van der Waals surface area contributed by atoms with Gasteiger partial charge in [0.05, 0.1) is 17.4 Å². The Balaban J connectivity index is 1.91. The average Bonchev–Trinajstić information content (AvgIpc) is 2.63. The first-order valence-electron chi connectivity index (χ1n) is 8.33. The zero-order valence-electron chi connectivity index (χ0n) is 14.1. The van der Waals surface area contributed by atoms with E-state index in [9.17, 15) is 18.0 Å². The topological polar surface area (TPSA) is 51.0 Å². The quantitative estimate of drug-likeness (QED) is 0.798. The van der Waals surface area contributed by atoms with Gasteiger partial charge in [-0.3, -0.25) is 4.79 Å². The van der Waals surface area contributed by atoms with Gasteiger partial charge in [0.25, 0.3) is 5.56 Å². The van der Waals surface area contributed by atoms with Crippen LogP contribution in [0.1, 0.15) is 37.7 Å². The van der Waals surface area contributed by atoms with Gasteiger partial charge in [0.2, 0.25) is 0 Å². The summed E-state index contributed by atoms with van der Waals surface area (Å²) in [6.07, 6.45) is 3.15. The Morgan fingerprint density at radius 2 is 1.88 bits per heavy atom. The van der Waals surface area contributed by atoms with E-state index >= 15 is 0 Å². The van der Waals surface area contributed by atoms with Gasteiger partial charge in [-0.2, -0.15) is 23.0 Å². The van der Waals surface area contributed by atoms with Crippen LogP contribution in [0.2, 0.25) is 5.02 Å². The van der Waals surface area contributed by atoms with E-state index in [2.05, 4.69) is 10.1 Å². The third kappa shape index (κ3) is 3.70. The Morgan fingerprint density at radius 1 is 1.19 bits per heavy atom. The molecule has 1 aliphatic carbocycles. The van der Waals surface area contributed by atoms with Gasteiger partial charge in [-0.05, 0) is 25.0 Å². The van der Waals surface area contributed by atoms with E-state index in [0.717, 1.165) is 42.5 Å². The number of nitrogens with zero attached hydrogens (tertiary/aromatic N) is 4. The maximum absolute atomic E-state index is 12.6. The fourth-order valence-corrected chi connectivity index (χ4v) is 3.44. The fraction of sp³-hybridized carbons (Fsp3) is 0.471. The molecule has 140 valence electrons. The summed E-state index contributed by atoms with van der Waals surface area (Å²) in [6, 6.07) is 2.24. The third-order valence-electron chi connectivity index (χ3n) is 4.70. The Labute approximate surface area is 153 Å². The summed E-state index contributed by atoms with van der Waals surface area (Å²) in [5.74, 6) is -0.0169. The zero-order chi connectivity index (χ0) is 18.9. The Morgan fingerprint density at radius 3 is 2.46 bits per heavy atom. The van der Waals surface area contributed by atoms with E-state index in [4.69, 9.17) is 11.6 Å². The summed E-state index contributed by atoms with van der Waals surface area (Å²) < 4.78 is 38.8. The molecule has 0 saturated heterocycles. The van der Waals surface area contributed by atoms with Crippen molar-refractivity contribution < 1.29 is 13.2 Å². The predicted octanol–water partition coefficient (Wildman–Crippen LogP) is 4.07. The highest BCUT2D eigenvalue weighted by Gasteiger charge is 2.31. The second-order valence-electron chi connectivity index (χ2n) is 6.37. The summed E-state index contributed by atoms with van der Waals surface area (Å²) in [6.45, 7) is 0. The lowest BCUT2D eigenvalue weighted by atomic mass is 9.94. The number of aromatic nitrogens is 3. The molecule has 26 heavy (non-hydrogen) atoms. The molecule has 3 rings (SSSR count). The first-order chi connectivity index (χ1) is 12.3. The van der Waals surface area contributed by atoms with Crippen molar-refractivity contribution in [2.75, 3.05) is 11.9 Å². The molecule has 0 aromatic carbocycles. The van der Waals surface area contributed by atoms with Crippen molar-refractivity contribution in [3.63, 3.8) is 0 Å². The zero-order valence-corrected chi connectivity index (χ0v) is 14.9. The molecule has 2 heterocycles. The van der Waals surface area contributed by atoms with E-state index in [-0.39, 0.29) is 10.8 Å². The van der Waals surface area contributed by atoms with Crippen molar-refractivity contribution in [3.05, 3.63) is 45.5 Å². The second-order valence-corrected chi connectivity index (χ2v) is 6.74. The van der Waals surface area contributed by atoms with E-state index in [1.54, 1.807) is 0 Å². The summed E-state index contributed by atoms with van der Waals surface area (Å²) in [7, 11) is 1.87. The summed E-state index contributed by atoms with van der Waals surface area (Å²) in [5, 5.41) is 4.03. The van der Waals surface area contributed by atoms with Crippen molar-refractivity contribution in [1.82, 2.24) is 14.8 Å². The molecule has 2 aromatic rings. The van der Waals surface area contributed by atoms with Crippen molar-refractivity contribution >= 4 is 17.3 Å². The summed E-state index contributed by atoms with van der Waals surface area (Å²) >= 11 is 6.24. The van der Waals surface area contributed by atoms with Gasteiger partial charge < -0.3 is 4.90 Å². The molecule has 1 aliphatic rings. The first kappa shape index (κ1) is 18.7. The Hall–Kier alpha value is -2.09. The maximum Gasteiger partial charge on any atom is 0.417 e. The van der Waals surface area contributed by atoms with Crippen molar-refractivity contribution in [1.29, 1.82) is 0 Å². The van der Waals surface area contributed by atoms with Crippen molar-refractivity contribution in [3.8, 4) is 5.82 Å². The molecular formula is C17H18ClF3N4O. The van der Waals surface area contributed by atoms with Crippen LogP contribution in [0.4, 0.5) is 18.9 Å². The molecule has 0 bridgehead atoms. The molecule has 0 amide bonds. The number of halogens is 4. The van der Waals surface area contributed by atoms with Gasteiger partial charge >= 0.3 is 6.18 Å². The number of hydrogen-bond acceptors (Lipinski definition) is 4. The molecule has 9 heteroatoms. The molecule has 0 unspecified atom stereocenters. The van der Waals surface area contributed by atoms with Gasteiger partial charge in [-0.1, -0.05) is 30.9 Å². The predicted molar refractivity (Wildman–Crippen MR) is 92.9 cm³/mol. The Bertz CT molecular complexity index is 829. The standard InChI is InChI=1S/C17H18ClF3N4O/c1-24(12-5-3-2-4-6-12)13-10-23-25(16(26)15(13)18)14-8-7-11(9-22-14)17(19,20)21/h7-10,12H,2-6H2,1H3. The lowest BCUT2D eigenvalue weighted by Gasteiger charge is -2.33. The van der Waals surface area contributed by atoms with Crippen molar-refractivity contribution in [2.24, 2.45) is 0 Å².